The lowest BCUT2D eigenvalue weighted by atomic mass is 10.4. The highest BCUT2D eigenvalue weighted by molar-refractivity contribution is 5.84. The summed E-state index contributed by atoms with van der Waals surface area (Å²) >= 11 is 0. The molecule has 17 heavy (non-hydrogen) atoms. The first kappa shape index (κ1) is 12.7. The Morgan fingerprint density at radius 3 is 2.76 bits per heavy atom. The minimum absolute atomic E-state index is 0.552. The molecule has 0 bridgehead atoms. The molecule has 0 aliphatic carbocycles. The van der Waals surface area contributed by atoms with Gasteiger partial charge in [-0.3, -0.25) is 4.99 Å². The molecule has 0 N–H and O–H groups in total. The van der Waals surface area contributed by atoms with Crippen molar-refractivity contribution in [3.8, 4) is 0 Å². The van der Waals surface area contributed by atoms with E-state index in [1.165, 1.54) is 0 Å². The smallest absolute Gasteiger partial charge is 0.154 e. The standard InChI is InChI=1S/C13H14N4/c1-4-9-15-11(5-2)10-16-13-8-6-7-12(14-3)17-13/h4-10H,1,3H2,2H3/b11-5-,15-9?,16-10+. The highest BCUT2D eigenvalue weighted by atomic mass is 15.0. The van der Waals surface area contributed by atoms with Gasteiger partial charge in [0.15, 0.2) is 11.6 Å². The summed E-state index contributed by atoms with van der Waals surface area (Å²) in [5.74, 6) is 1.12. The van der Waals surface area contributed by atoms with Gasteiger partial charge >= 0.3 is 0 Å². The fourth-order valence-electron chi connectivity index (χ4n) is 1.03. The molecule has 1 aromatic heterocycles. The lowest BCUT2D eigenvalue weighted by Gasteiger charge is -1.95. The third kappa shape index (κ3) is 4.34. The van der Waals surface area contributed by atoms with E-state index in [9.17, 15) is 0 Å². The third-order valence-electron chi connectivity index (χ3n) is 1.84. The molecule has 0 aliphatic heterocycles. The Morgan fingerprint density at radius 1 is 1.35 bits per heavy atom. The van der Waals surface area contributed by atoms with Gasteiger partial charge in [0.25, 0.3) is 0 Å². The van der Waals surface area contributed by atoms with E-state index in [1.54, 1.807) is 30.6 Å². The second-order valence-corrected chi connectivity index (χ2v) is 3.00. The van der Waals surface area contributed by atoms with Gasteiger partial charge < -0.3 is 0 Å². The summed E-state index contributed by atoms with van der Waals surface area (Å²) in [6.07, 6.45) is 6.70. The average molecular weight is 226 g/mol. The highest BCUT2D eigenvalue weighted by Gasteiger charge is 1.92. The fraction of sp³-hybridized carbons (Fsp3) is 0.0769. The number of nitrogens with zero attached hydrogens (tertiary/aromatic N) is 4. The van der Waals surface area contributed by atoms with E-state index in [2.05, 4.69) is 33.3 Å². The third-order valence-corrected chi connectivity index (χ3v) is 1.84. The molecule has 1 aromatic rings. The van der Waals surface area contributed by atoms with Crippen molar-refractivity contribution in [1.82, 2.24) is 4.98 Å². The van der Waals surface area contributed by atoms with Crippen LogP contribution in [0.2, 0.25) is 0 Å². The number of rotatable bonds is 5. The summed E-state index contributed by atoms with van der Waals surface area (Å²) in [5.41, 5.74) is 0.740. The second-order valence-electron chi connectivity index (χ2n) is 3.00. The zero-order valence-electron chi connectivity index (χ0n) is 9.74. The number of hydrogen-bond acceptors (Lipinski definition) is 4. The van der Waals surface area contributed by atoms with E-state index in [4.69, 9.17) is 0 Å². The summed E-state index contributed by atoms with van der Waals surface area (Å²) in [7, 11) is 0. The van der Waals surface area contributed by atoms with E-state index in [1.807, 2.05) is 19.1 Å². The molecular formula is C13H14N4. The first-order chi connectivity index (χ1) is 8.30. The van der Waals surface area contributed by atoms with E-state index in [0.29, 0.717) is 11.6 Å². The van der Waals surface area contributed by atoms with Crippen molar-refractivity contribution < 1.29 is 0 Å². The predicted molar refractivity (Wildman–Crippen MR) is 74.0 cm³/mol. The van der Waals surface area contributed by atoms with Crippen LogP contribution >= 0.6 is 0 Å². The van der Waals surface area contributed by atoms with Crippen molar-refractivity contribution in [2.45, 2.75) is 6.92 Å². The fourth-order valence-corrected chi connectivity index (χ4v) is 1.03. The minimum Gasteiger partial charge on any atom is -0.256 e. The normalized spacial score (nSPS) is 12.2. The number of allylic oxidation sites excluding steroid dienone is 3. The first-order valence-electron chi connectivity index (χ1n) is 5.09. The Balaban J connectivity index is 2.85. The maximum Gasteiger partial charge on any atom is 0.154 e. The highest BCUT2D eigenvalue weighted by Crippen LogP contribution is 2.13. The maximum absolute atomic E-state index is 4.20. The van der Waals surface area contributed by atoms with E-state index < -0.39 is 0 Å². The lowest BCUT2D eigenvalue weighted by molar-refractivity contribution is 1.25. The van der Waals surface area contributed by atoms with Crippen molar-refractivity contribution in [3.63, 3.8) is 0 Å². The number of aromatic nitrogens is 1. The Hall–Kier alpha value is -2.36. The van der Waals surface area contributed by atoms with Gasteiger partial charge in [0.05, 0.1) is 11.9 Å². The lowest BCUT2D eigenvalue weighted by Crippen LogP contribution is -1.81. The van der Waals surface area contributed by atoms with Crippen molar-refractivity contribution in [3.05, 3.63) is 42.6 Å². The summed E-state index contributed by atoms with van der Waals surface area (Å²) in [4.78, 5) is 16.2. The SMILES string of the molecule is C=CC=NC(=C\C)/C=N/c1cccc(N=C)n1. The van der Waals surface area contributed by atoms with Gasteiger partial charge in [-0.25, -0.2) is 15.0 Å². The molecule has 0 saturated carbocycles. The predicted octanol–water partition coefficient (Wildman–Crippen LogP) is 3.28. The maximum atomic E-state index is 4.20. The summed E-state index contributed by atoms with van der Waals surface area (Å²) in [6, 6.07) is 5.38. The molecule has 0 unspecified atom stereocenters. The summed E-state index contributed by atoms with van der Waals surface area (Å²) in [6.45, 7) is 8.85. The van der Waals surface area contributed by atoms with Crippen LogP contribution in [0.4, 0.5) is 11.6 Å². The Bertz CT molecular complexity index is 484. The van der Waals surface area contributed by atoms with Crippen molar-refractivity contribution in [1.29, 1.82) is 0 Å². The van der Waals surface area contributed by atoms with Gasteiger partial charge in [-0.05, 0) is 25.8 Å². The molecule has 0 aliphatic rings. The van der Waals surface area contributed by atoms with Crippen LogP contribution in [0.3, 0.4) is 0 Å². The second kappa shape index (κ2) is 7.00. The van der Waals surface area contributed by atoms with Gasteiger partial charge in [0.1, 0.15) is 0 Å². The molecule has 0 amide bonds. The minimum atomic E-state index is 0.552. The molecule has 0 aromatic carbocycles. The van der Waals surface area contributed by atoms with Crippen molar-refractivity contribution in [2.24, 2.45) is 15.0 Å². The quantitative estimate of drug-likeness (QED) is 0.711. The number of pyridine rings is 1. The van der Waals surface area contributed by atoms with Crippen molar-refractivity contribution in [2.75, 3.05) is 0 Å². The van der Waals surface area contributed by atoms with Crippen LogP contribution in [-0.2, 0) is 0 Å². The van der Waals surface area contributed by atoms with Crippen LogP contribution in [0.1, 0.15) is 6.92 Å². The van der Waals surface area contributed by atoms with Crippen LogP contribution in [0, 0.1) is 0 Å². The molecule has 1 rings (SSSR count). The Kier molecular flexibility index (Phi) is 5.24. The van der Waals surface area contributed by atoms with Gasteiger partial charge in [0, 0.05) is 6.21 Å². The zero-order valence-corrected chi connectivity index (χ0v) is 9.74. The van der Waals surface area contributed by atoms with Crippen LogP contribution in [0.15, 0.2) is 57.6 Å². The molecule has 1 heterocycles. The first-order valence-corrected chi connectivity index (χ1v) is 5.09. The Morgan fingerprint density at radius 2 is 2.12 bits per heavy atom. The monoisotopic (exact) mass is 226 g/mol. The van der Waals surface area contributed by atoms with Crippen LogP contribution in [0.5, 0.6) is 0 Å². The largest absolute Gasteiger partial charge is 0.256 e. The number of aliphatic imine (C=N–C) groups is 3. The number of hydrogen-bond donors (Lipinski definition) is 0. The molecular weight excluding hydrogens is 212 g/mol. The van der Waals surface area contributed by atoms with Gasteiger partial charge in [-0.15, -0.1) is 0 Å². The van der Waals surface area contributed by atoms with Gasteiger partial charge in [-0.2, -0.15) is 0 Å². The van der Waals surface area contributed by atoms with Crippen LogP contribution in [-0.4, -0.2) is 24.1 Å². The van der Waals surface area contributed by atoms with Gasteiger partial charge in [0.2, 0.25) is 0 Å². The molecule has 0 atom stereocenters. The molecule has 86 valence electrons. The summed E-state index contributed by atoms with van der Waals surface area (Å²) < 4.78 is 0. The van der Waals surface area contributed by atoms with E-state index in [0.717, 1.165) is 5.70 Å². The Labute approximate surface area is 101 Å². The van der Waals surface area contributed by atoms with Gasteiger partial charge in [-0.1, -0.05) is 24.8 Å². The topological polar surface area (TPSA) is 50.0 Å². The average Bonchev–Trinajstić information content (AvgIpc) is 2.39. The van der Waals surface area contributed by atoms with E-state index in [-0.39, 0.29) is 0 Å². The van der Waals surface area contributed by atoms with Crippen molar-refractivity contribution >= 4 is 30.8 Å². The molecule has 0 fully saturated rings. The van der Waals surface area contributed by atoms with Crippen LogP contribution < -0.4 is 0 Å². The van der Waals surface area contributed by atoms with Crippen LogP contribution in [0.25, 0.3) is 0 Å². The molecule has 0 spiro atoms. The molecule has 0 saturated heterocycles. The van der Waals surface area contributed by atoms with E-state index >= 15 is 0 Å². The summed E-state index contributed by atoms with van der Waals surface area (Å²) in [5, 5.41) is 0. The molecule has 4 heteroatoms. The molecule has 0 radical (unpaired) electrons. The molecule has 4 nitrogen and oxygen atoms in total. The zero-order chi connectivity index (χ0) is 12.5.